The highest BCUT2D eigenvalue weighted by Crippen LogP contribution is 2.26. The van der Waals surface area contributed by atoms with Gasteiger partial charge in [-0.15, -0.1) is 0 Å². The summed E-state index contributed by atoms with van der Waals surface area (Å²) in [6, 6.07) is 4.39. The number of carbonyl (C=O) groups is 2. The van der Waals surface area contributed by atoms with Crippen LogP contribution in [0.1, 0.15) is 16.8 Å². The standard InChI is InChI=1S/C12H12Br2N2O3/c13-6-1-2-8(9(14)3-6)12(19)16-5-7(17)4-10(16)11(15)18/h1-3,7,10,17H,4-5H2,(H2,15,18). The van der Waals surface area contributed by atoms with E-state index in [9.17, 15) is 14.7 Å². The molecule has 3 N–H and O–H groups in total. The third-order valence-corrected chi connectivity index (χ3v) is 4.18. The number of likely N-dealkylation sites (tertiary alicyclic amines) is 1. The molecule has 0 bridgehead atoms. The van der Waals surface area contributed by atoms with Gasteiger partial charge in [0, 0.05) is 21.9 Å². The van der Waals surface area contributed by atoms with E-state index in [-0.39, 0.29) is 18.9 Å². The van der Waals surface area contributed by atoms with Crippen molar-refractivity contribution in [2.24, 2.45) is 5.73 Å². The number of hydrogen-bond donors (Lipinski definition) is 2. The van der Waals surface area contributed by atoms with Gasteiger partial charge in [-0.05, 0) is 34.1 Å². The summed E-state index contributed by atoms with van der Waals surface area (Å²) in [5, 5.41) is 9.61. The average Bonchev–Trinajstić information content (AvgIpc) is 2.70. The predicted molar refractivity (Wildman–Crippen MR) is 76.5 cm³/mol. The first-order valence-electron chi connectivity index (χ1n) is 5.63. The van der Waals surface area contributed by atoms with E-state index in [1.54, 1.807) is 18.2 Å². The zero-order valence-corrected chi connectivity index (χ0v) is 13.0. The molecule has 0 aliphatic carbocycles. The van der Waals surface area contributed by atoms with Gasteiger partial charge in [-0.25, -0.2) is 0 Å². The van der Waals surface area contributed by atoms with Crippen LogP contribution in [-0.2, 0) is 4.79 Å². The molecule has 7 heteroatoms. The normalized spacial score (nSPS) is 22.6. The topological polar surface area (TPSA) is 83.6 Å². The molecule has 2 rings (SSSR count). The average molecular weight is 392 g/mol. The number of nitrogens with zero attached hydrogens (tertiary/aromatic N) is 1. The summed E-state index contributed by atoms with van der Waals surface area (Å²) in [7, 11) is 0. The molecule has 1 aliphatic heterocycles. The number of primary amides is 1. The number of amides is 2. The molecule has 2 atom stereocenters. The van der Waals surface area contributed by atoms with E-state index in [1.165, 1.54) is 4.90 Å². The number of aliphatic hydroxyl groups is 1. The highest BCUT2D eigenvalue weighted by atomic mass is 79.9. The molecule has 0 saturated carbocycles. The Morgan fingerprint density at radius 2 is 2.05 bits per heavy atom. The van der Waals surface area contributed by atoms with E-state index in [0.29, 0.717) is 10.0 Å². The number of halogens is 2. The summed E-state index contributed by atoms with van der Waals surface area (Å²) in [5.41, 5.74) is 5.70. The number of nitrogens with two attached hydrogens (primary N) is 1. The van der Waals surface area contributed by atoms with Crippen LogP contribution < -0.4 is 5.73 Å². The number of rotatable bonds is 2. The Morgan fingerprint density at radius 1 is 1.37 bits per heavy atom. The fourth-order valence-corrected chi connectivity index (χ4v) is 3.34. The minimum absolute atomic E-state index is 0.120. The molecule has 1 aromatic carbocycles. The summed E-state index contributed by atoms with van der Waals surface area (Å²) < 4.78 is 1.46. The molecule has 0 radical (unpaired) electrons. The molecule has 0 spiro atoms. The summed E-state index contributed by atoms with van der Waals surface area (Å²) in [6.07, 6.45) is -0.523. The number of benzene rings is 1. The van der Waals surface area contributed by atoms with Gasteiger partial charge in [-0.1, -0.05) is 15.9 Å². The van der Waals surface area contributed by atoms with Gasteiger partial charge >= 0.3 is 0 Å². The van der Waals surface area contributed by atoms with E-state index >= 15 is 0 Å². The van der Waals surface area contributed by atoms with Crippen molar-refractivity contribution in [3.8, 4) is 0 Å². The van der Waals surface area contributed by atoms with Crippen LogP contribution in [0, 0.1) is 0 Å². The fourth-order valence-electron chi connectivity index (χ4n) is 2.13. The Balaban J connectivity index is 2.30. The Morgan fingerprint density at radius 3 is 2.63 bits per heavy atom. The molecule has 0 aromatic heterocycles. The van der Waals surface area contributed by atoms with Crippen molar-refractivity contribution >= 4 is 43.7 Å². The predicted octanol–water partition coefficient (Wildman–Crippen LogP) is 1.27. The lowest BCUT2D eigenvalue weighted by atomic mass is 10.1. The van der Waals surface area contributed by atoms with Crippen LogP contribution in [0.3, 0.4) is 0 Å². The van der Waals surface area contributed by atoms with Gasteiger partial charge in [0.25, 0.3) is 5.91 Å². The van der Waals surface area contributed by atoms with Crippen molar-refractivity contribution in [3.05, 3.63) is 32.7 Å². The molecule has 1 saturated heterocycles. The van der Waals surface area contributed by atoms with Gasteiger partial charge in [0.1, 0.15) is 6.04 Å². The maximum Gasteiger partial charge on any atom is 0.255 e. The Hall–Kier alpha value is -0.920. The molecule has 1 heterocycles. The highest BCUT2D eigenvalue weighted by molar-refractivity contribution is 9.11. The highest BCUT2D eigenvalue weighted by Gasteiger charge is 2.38. The van der Waals surface area contributed by atoms with E-state index < -0.39 is 18.1 Å². The maximum absolute atomic E-state index is 12.4. The molecule has 1 aromatic rings. The zero-order chi connectivity index (χ0) is 14.2. The Labute approximate surface area is 127 Å². The SMILES string of the molecule is NC(=O)C1CC(O)CN1C(=O)c1ccc(Br)cc1Br. The monoisotopic (exact) mass is 390 g/mol. The zero-order valence-electron chi connectivity index (χ0n) is 9.85. The van der Waals surface area contributed by atoms with E-state index in [1.807, 2.05) is 0 Å². The second-order valence-electron chi connectivity index (χ2n) is 4.39. The Kier molecular flexibility index (Phi) is 4.27. The van der Waals surface area contributed by atoms with Crippen LogP contribution in [0.15, 0.2) is 27.1 Å². The quantitative estimate of drug-likeness (QED) is 0.796. The van der Waals surface area contributed by atoms with Crippen molar-refractivity contribution in [1.29, 1.82) is 0 Å². The van der Waals surface area contributed by atoms with Crippen LogP contribution in [0.25, 0.3) is 0 Å². The third-order valence-electron chi connectivity index (χ3n) is 3.03. The first-order chi connectivity index (χ1) is 8.90. The minimum atomic E-state index is -0.752. The molecular weight excluding hydrogens is 380 g/mol. The third kappa shape index (κ3) is 2.98. The van der Waals surface area contributed by atoms with Crippen molar-refractivity contribution in [2.45, 2.75) is 18.6 Å². The summed E-state index contributed by atoms with van der Waals surface area (Å²) in [5.74, 6) is -0.919. The van der Waals surface area contributed by atoms with Crippen LogP contribution in [0.4, 0.5) is 0 Å². The molecule has 102 valence electrons. The lowest BCUT2D eigenvalue weighted by Gasteiger charge is -2.22. The smallest absolute Gasteiger partial charge is 0.255 e. The van der Waals surface area contributed by atoms with Crippen LogP contribution in [-0.4, -0.2) is 40.5 Å². The molecular formula is C12H12Br2N2O3. The van der Waals surface area contributed by atoms with Crippen molar-refractivity contribution in [3.63, 3.8) is 0 Å². The molecule has 2 unspecified atom stereocenters. The maximum atomic E-state index is 12.4. The molecule has 1 aliphatic rings. The lowest BCUT2D eigenvalue weighted by Crippen LogP contribution is -2.43. The number of β-amino-alcohol motifs (C(OH)–C–C–N with tert-alkyl or cyclic N) is 1. The minimum Gasteiger partial charge on any atom is -0.391 e. The summed E-state index contributed by atoms with van der Waals surface area (Å²) in [6.45, 7) is 0.120. The second kappa shape index (κ2) is 5.60. The first-order valence-corrected chi connectivity index (χ1v) is 7.22. The molecule has 5 nitrogen and oxygen atoms in total. The number of hydrogen-bond acceptors (Lipinski definition) is 3. The number of carbonyl (C=O) groups excluding carboxylic acids is 2. The Bertz CT molecular complexity index is 536. The fraction of sp³-hybridized carbons (Fsp3) is 0.333. The van der Waals surface area contributed by atoms with Gasteiger partial charge in [-0.2, -0.15) is 0 Å². The summed E-state index contributed by atoms with van der Waals surface area (Å²) >= 11 is 6.62. The van der Waals surface area contributed by atoms with Crippen LogP contribution in [0.5, 0.6) is 0 Å². The van der Waals surface area contributed by atoms with Crippen LogP contribution >= 0.6 is 31.9 Å². The van der Waals surface area contributed by atoms with Gasteiger partial charge in [0.2, 0.25) is 5.91 Å². The van der Waals surface area contributed by atoms with Crippen molar-refractivity contribution < 1.29 is 14.7 Å². The van der Waals surface area contributed by atoms with Gasteiger partial charge in [0.05, 0.1) is 11.7 Å². The van der Waals surface area contributed by atoms with E-state index in [4.69, 9.17) is 5.73 Å². The van der Waals surface area contributed by atoms with Crippen LogP contribution in [0.2, 0.25) is 0 Å². The largest absolute Gasteiger partial charge is 0.391 e. The van der Waals surface area contributed by atoms with E-state index in [2.05, 4.69) is 31.9 Å². The molecule has 2 amide bonds. The molecule has 1 fully saturated rings. The van der Waals surface area contributed by atoms with E-state index in [0.717, 1.165) is 4.47 Å². The van der Waals surface area contributed by atoms with Crippen molar-refractivity contribution in [2.75, 3.05) is 6.54 Å². The van der Waals surface area contributed by atoms with Gasteiger partial charge in [-0.3, -0.25) is 9.59 Å². The first kappa shape index (κ1) is 14.5. The lowest BCUT2D eigenvalue weighted by molar-refractivity contribution is -0.121. The van der Waals surface area contributed by atoms with Gasteiger partial charge in [0.15, 0.2) is 0 Å². The summed E-state index contributed by atoms with van der Waals surface area (Å²) in [4.78, 5) is 25.1. The second-order valence-corrected chi connectivity index (χ2v) is 6.16. The van der Waals surface area contributed by atoms with Crippen molar-refractivity contribution in [1.82, 2.24) is 4.90 Å². The molecule has 19 heavy (non-hydrogen) atoms. The number of aliphatic hydroxyl groups excluding tert-OH is 1. The van der Waals surface area contributed by atoms with Gasteiger partial charge < -0.3 is 15.7 Å².